The number of nitrogens with zero attached hydrogens (tertiary/aromatic N) is 2. The second-order valence-electron chi connectivity index (χ2n) is 6.77. The van der Waals surface area contributed by atoms with Crippen molar-refractivity contribution in [1.82, 2.24) is 10.3 Å². The first-order valence-corrected chi connectivity index (χ1v) is 9.79. The van der Waals surface area contributed by atoms with Crippen molar-refractivity contribution in [3.63, 3.8) is 0 Å². The highest BCUT2D eigenvalue weighted by atomic mass is 32.2. The van der Waals surface area contributed by atoms with E-state index in [0.29, 0.717) is 12.5 Å². The van der Waals surface area contributed by atoms with E-state index >= 15 is 0 Å². The van der Waals surface area contributed by atoms with Gasteiger partial charge in [-0.1, -0.05) is 13.0 Å². The van der Waals surface area contributed by atoms with E-state index in [1.807, 2.05) is 25.4 Å². The maximum absolute atomic E-state index is 12.6. The van der Waals surface area contributed by atoms with Gasteiger partial charge in [0, 0.05) is 49.0 Å². The van der Waals surface area contributed by atoms with Crippen molar-refractivity contribution in [3.8, 4) is 0 Å². The number of nitrogens with one attached hydrogen (secondary N) is 1. The molecule has 5 nitrogen and oxygen atoms in total. The maximum Gasteiger partial charge on any atom is 0.259 e. The molecule has 25 heavy (non-hydrogen) atoms. The van der Waals surface area contributed by atoms with Gasteiger partial charge in [-0.15, -0.1) is 11.8 Å². The van der Waals surface area contributed by atoms with Crippen molar-refractivity contribution in [2.45, 2.75) is 32.2 Å². The van der Waals surface area contributed by atoms with E-state index < -0.39 is 0 Å². The molecule has 0 radical (unpaired) electrons. The Hall–Kier alpha value is -1.79. The standard InChI is InChI=1S/C19H26N4OS/c1-13(2)15-11-21-7-6-17(15)23-8-9-25-18(12-23)19(24)22-10-14-4-3-5-16(14)20/h6-7,11-12,14,16H,1,3-5,8-10,20H2,2H3,(H,22,24)/t14-,16+/m0/s1. The average molecular weight is 359 g/mol. The number of carbonyl (C=O) groups is 1. The van der Waals surface area contributed by atoms with Crippen LogP contribution in [-0.4, -0.2) is 35.8 Å². The highest BCUT2D eigenvalue weighted by molar-refractivity contribution is 8.04. The Balaban J connectivity index is 1.70. The first-order valence-electron chi connectivity index (χ1n) is 8.81. The molecule has 134 valence electrons. The number of hydrogen-bond donors (Lipinski definition) is 2. The Labute approximate surface area is 153 Å². The van der Waals surface area contributed by atoms with Gasteiger partial charge in [0.05, 0.1) is 10.6 Å². The molecule has 1 aliphatic carbocycles. The van der Waals surface area contributed by atoms with Gasteiger partial charge >= 0.3 is 0 Å². The fourth-order valence-electron chi connectivity index (χ4n) is 3.41. The molecule has 2 heterocycles. The summed E-state index contributed by atoms with van der Waals surface area (Å²) in [5, 5.41) is 3.07. The molecular weight excluding hydrogens is 332 g/mol. The first kappa shape index (κ1) is 18.0. The summed E-state index contributed by atoms with van der Waals surface area (Å²) in [6.07, 6.45) is 8.89. The van der Waals surface area contributed by atoms with Crippen molar-refractivity contribution < 1.29 is 4.79 Å². The maximum atomic E-state index is 12.6. The van der Waals surface area contributed by atoms with Gasteiger partial charge < -0.3 is 16.0 Å². The highest BCUT2D eigenvalue weighted by Crippen LogP contribution is 2.31. The predicted molar refractivity (Wildman–Crippen MR) is 105 cm³/mol. The van der Waals surface area contributed by atoms with Crippen LogP contribution in [0.2, 0.25) is 0 Å². The summed E-state index contributed by atoms with van der Waals surface area (Å²) in [5.74, 6) is 1.28. The Kier molecular flexibility index (Phi) is 5.81. The number of hydrogen-bond acceptors (Lipinski definition) is 5. The minimum Gasteiger partial charge on any atom is -0.351 e. The summed E-state index contributed by atoms with van der Waals surface area (Å²) in [6, 6.07) is 2.20. The second-order valence-corrected chi connectivity index (χ2v) is 7.91. The van der Waals surface area contributed by atoms with Crippen molar-refractivity contribution >= 4 is 28.9 Å². The Bertz CT molecular complexity index is 688. The van der Waals surface area contributed by atoms with Crippen LogP contribution in [0.4, 0.5) is 5.69 Å². The molecule has 6 heteroatoms. The van der Waals surface area contributed by atoms with Crippen LogP contribution in [0.1, 0.15) is 31.7 Å². The van der Waals surface area contributed by atoms with E-state index in [1.165, 1.54) is 6.42 Å². The lowest BCUT2D eigenvalue weighted by molar-refractivity contribution is -0.117. The Morgan fingerprint density at radius 2 is 2.36 bits per heavy atom. The van der Waals surface area contributed by atoms with Crippen LogP contribution in [0.25, 0.3) is 5.57 Å². The third-order valence-electron chi connectivity index (χ3n) is 4.90. The zero-order valence-electron chi connectivity index (χ0n) is 14.7. The van der Waals surface area contributed by atoms with Crippen molar-refractivity contribution in [3.05, 3.63) is 41.7 Å². The largest absolute Gasteiger partial charge is 0.351 e. The van der Waals surface area contributed by atoms with Crippen LogP contribution >= 0.6 is 11.8 Å². The molecule has 1 amide bonds. The molecule has 1 aliphatic heterocycles. The fourth-order valence-corrected chi connectivity index (χ4v) is 4.32. The second kappa shape index (κ2) is 8.06. The summed E-state index contributed by atoms with van der Waals surface area (Å²) in [5.41, 5.74) is 9.12. The zero-order chi connectivity index (χ0) is 17.8. The number of rotatable bonds is 5. The average Bonchev–Trinajstić information content (AvgIpc) is 3.04. The quantitative estimate of drug-likeness (QED) is 0.847. The normalized spacial score (nSPS) is 23.3. The number of allylic oxidation sites excluding steroid dienone is 1. The number of aromatic nitrogens is 1. The minimum atomic E-state index is -0.000249. The Morgan fingerprint density at radius 1 is 1.52 bits per heavy atom. The van der Waals surface area contributed by atoms with Crippen LogP contribution in [-0.2, 0) is 4.79 Å². The Morgan fingerprint density at radius 3 is 3.08 bits per heavy atom. The SMILES string of the molecule is C=C(C)c1cnccc1N1C=C(C(=O)NC[C@@H]2CCC[C@H]2N)SCC1. The lowest BCUT2D eigenvalue weighted by atomic mass is 10.1. The number of carbonyl (C=O) groups excluding carboxylic acids is 1. The molecule has 1 fully saturated rings. The van der Waals surface area contributed by atoms with Crippen LogP contribution in [0.3, 0.4) is 0 Å². The molecule has 0 bridgehead atoms. The summed E-state index contributed by atoms with van der Waals surface area (Å²) in [4.78, 5) is 19.6. The van der Waals surface area contributed by atoms with E-state index in [-0.39, 0.29) is 11.9 Å². The van der Waals surface area contributed by atoms with Gasteiger partial charge in [0.25, 0.3) is 5.91 Å². The van der Waals surface area contributed by atoms with Crippen molar-refractivity contribution in [1.29, 1.82) is 0 Å². The molecule has 3 rings (SSSR count). The lowest BCUT2D eigenvalue weighted by Gasteiger charge is -2.28. The zero-order valence-corrected chi connectivity index (χ0v) is 15.5. The van der Waals surface area contributed by atoms with Gasteiger partial charge in [-0.2, -0.15) is 0 Å². The van der Waals surface area contributed by atoms with Gasteiger partial charge in [0.15, 0.2) is 0 Å². The highest BCUT2D eigenvalue weighted by Gasteiger charge is 2.25. The monoisotopic (exact) mass is 358 g/mol. The number of nitrogens with two attached hydrogens (primary N) is 1. The smallest absolute Gasteiger partial charge is 0.259 e. The number of pyridine rings is 1. The molecule has 3 N–H and O–H groups in total. The molecule has 0 spiro atoms. The van der Waals surface area contributed by atoms with Gasteiger partial charge in [0.2, 0.25) is 0 Å². The predicted octanol–water partition coefficient (Wildman–Crippen LogP) is 2.75. The van der Waals surface area contributed by atoms with E-state index in [9.17, 15) is 4.79 Å². The van der Waals surface area contributed by atoms with Crippen LogP contribution in [0, 0.1) is 5.92 Å². The van der Waals surface area contributed by atoms with Crippen LogP contribution in [0.5, 0.6) is 0 Å². The van der Waals surface area contributed by atoms with E-state index in [2.05, 4.69) is 21.8 Å². The summed E-state index contributed by atoms with van der Waals surface area (Å²) in [7, 11) is 0. The third-order valence-corrected chi connectivity index (χ3v) is 5.89. The molecular formula is C19H26N4OS. The van der Waals surface area contributed by atoms with Gasteiger partial charge in [-0.05, 0) is 37.3 Å². The van der Waals surface area contributed by atoms with E-state index in [0.717, 1.165) is 46.9 Å². The first-order chi connectivity index (χ1) is 12.1. The van der Waals surface area contributed by atoms with E-state index in [1.54, 1.807) is 18.0 Å². The molecule has 2 aliphatic rings. The van der Waals surface area contributed by atoms with Gasteiger partial charge in [-0.25, -0.2) is 0 Å². The molecule has 1 aromatic heterocycles. The third kappa shape index (κ3) is 4.25. The molecule has 0 unspecified atom stereocenters. The van der Waals surface area contributed by atoms with E-state index in [4.69, 9.17) is 5.73 Å². The topological polar surface area (TPSA) is 71.2 Å². The lowest BCUT2D eigenvalue weighted by Crippen LogP contribution is -2.37. The number of thioether (sulfide) groups is 1. The van der Waals surface area contributed by atoms with Crippen molar-refractivity contribution in [2.24, 2.45) is 11.7 Å². The molecule has 0 saturated heterocycles. The van der Waals surface area contributed by atoms with Gasteiger partial charge in [-0.3, -0.25) is 9.78 Å². The van der Waals surface area contributed by atoms with Crippen LogP contribution in [0.15, 0.2) is 36.1 Å². The van der Waals surface area contributed by atoms with Gasteiger partial charge in [0.1, 0.15) is 0 Å². The van der Waals surface area contributed by atoms with Crippen LogP contribution < -0.4 is 16.0 Å². The summed E-state index contributed by atoms with van der Waals surface area (Å²) in [6.45, 7) is 7.54. The summed E-state index contributed by atoms with van der Waals surface area (Å²) >= 11 is 1.61. The van der Waals surface area contributed by atoms with Crippen molar-refractivity contribution in [2.75, 3.05) is 23.7 Å². The molecule has 1 saturated carbocycles. The molecule has 2 atom stereocenters. The minimum absolute atomic E-state index is 0.000249. The molecule has 1 aromatic rings. The molecule has 0 aromatic carbocycles. The summed E-state index contributed by atoms with van der Waals surface area (Å²) < 4.78 is 0. The fraction of sp³-hybridized carbons (Fsp3) is 0.474. The number of amides is 1. The number of anilines is 1.